The van der Waals surface area contributed by atoms with Crippen molar-refractivity contribution < 1.29 is 4.39 Å². The van der Waals surface area contributed by atoms with Crippen LogP contribution >= 0.6 is 0 Å². The smallest absolute Gasteiger partial charge is 0.128 e. The number of benzene rings is 1. The van der Waals surface area contributed by atoms with E-state index in [1.165, 1.54) is 5.56 Å². The Labute approximate surface area is 84.5 Å². The first-order chi connectivity index (χ1) is 6.74. The maximum atomic E-state index is 13.7. The topological polar surface area (TPSA) is 3.24 Å². The second-order valence-corrected chi connectivity index (χ2v) is 3.97. The molecule has 1 unspecified atom stereocenters. The highest BCUT2D eigenvalue weighted by atomic mass is 19.1. The van der Waals surface area contributed by atoms with Gasteiger partial charge in [-0.2, -0.15) is 0 Å². The number of rotatable bonds is 1. The molecule has 0 fully saturated rings. The number of hydrogen-bond acceptors (Lipinski definition) is 1. The summed E-state index contributed by atoms with van der Waals surface area (Å²) in [5.41, 5.74) is 2.11. The predicted molar refractivity (Wildman–Crippen MR) is 55.8 cm³/mol. The summed E-state index contributed by atoms with van der Waals surface area (Å²) in [6.45, 7) is 3.15. The van der Waals surface area contributed by atoms with Crippen LogP contribution in [-0.2, 0) is 6.42 Å². The first kappa shape index (κ1) is 9.66. The predicted octanol–water partition coefficient (Wildman–Crippen LogP) is 2.76. The Morgan fingerprint density at radius 2 is 2.29 bits per heavy atom. The van der Waals surface area contributed by atoms with Gasteiger partial charge in [-0.1, -0.05) is 19.1 Å². The monoisotopic (exact) mass is 193 g/mol. The zero-order valence-electron chi connectivity index (χ0n) is 8.76. The lowest BCUT2D eigenvalue weighted by Crippen LogP contribution is -2.32. The van der Waals surface area contributed by atoms with Crippen LogP contribution in [0, 0.1) is 5.82 Å². The summed E-state index contributed by atoms with van der Waals surface area (Å²) in [5.74, 6) is -0.0408. The summed E-state index contributed by atoms with van der Waals surface area (Å²) >= 11 is 0. The van der Waals surface area contributed by atoms with Gasteiger partial charge in [-0.3, -0.25) is 4.90 Å². The molecule has 1 heterocycles. The van der Waals surface area contributed by atoms with Crippen LogP contribution in [0.2, 0.25) is 0 Å². The number of nitrogens with zero attached hydrogens (tertiary/aromatic N) is 1. The fourth-order valence-electron chi connectivity index (χ4n) is 2.36. The van der Waals surface area contributed by atoms with E-state index in [9.17, 15) is 4.39 Å². The molecular formula is C12H16FN. The second-order valence-electron chi connectivity index (χ2n) is 3.97. The van der Waals surface area contributed by atoms with Crippen molar-refractivity contribution in [2.75, 3.05) is 13.6 Å². The zero-order valence-corrected chi connectivity index (χ0v) is 8.76. The third-order valence-electron chi connectivity index (χ3n) is 3.13. The van der Waals surface area contributed by atoms with Gasteiger partial charge in [0.15, 0.2) is 0 Å². The van der Waals surface area contributed by atoms with Gasteiger partial charge in [-0.25, -0.2) is 4.39 Å². The van der Waals surface area contributed by atoms with Crippen LogP contribution in [-0.4, -0.2) is 18.5 Å². The van der Waals surface area contributed by atoms with Crippen molar-refractivity contribution in [3.05, 3.63) is 35.1 Å². The van der Waals surface area contributed by atoms with Gasteiger partial charge in [-0.15, -0.1) is 0 Å². The van der Waals surface area contributed by atoms with E-state index in [1.54, 1.807) is 6.07 Å². The Morgan fingerprint density at radius 1 is 1.50 bits per heavy atom. The van der Waals surface area contributed by atoms with E-state index in [4.69, 9.17) is 0 Å². The lowest BCUT2D eigenvalue weighted by Gasteiger charge is -2.34. The van der Waals surface area contributed by atoms with E-state index in [1.807, 2.05) is 12.1 Å². The van der Waals surface area contributed by atoms with Crippen LogP contribution in [0.3, 0.4) is 0 Å². The SMILES string of the molecule is CCC1c2c(F)cccc2CCN1C. The molecule has 76 valence electrons. The van der Waals surface area contributed by atoms with Crippen LogP contribution in [0.1, 0.15) is 30.5 Å². The van der Waals surface area contributed by atoms with E-state index in [-0.39, 0.29) is 11.9 Å². The van der Waals surface area contributed by atoms with E-state index in [0.29, 0.717) is 0 Å². The Kier molecular flexibility index (Phi) is 2.55. The summed E-state index contributed by atoms with van der Waals surface area (Å²) in [5, 5.41) is 0. The molecule has 0 saturated carbocycles. The van der Waals surface area contributed by atoms with Crippen molar-refractivity contribution in [2.24, 2.45) is 0 Å². The summed E-state index contributed by atoms with van der Waals surface area (Å²) in [7, 11) is 2.07. The summed E-state index contributed by atoms with van der Waals surface area (Å²) in [6, 6.07) is 5.70. The van der Waals surface area contributed by atoms with Gasteiger partial charge in [0, 0.05) is 18.2 Å². The lowest BCUT2D eigenvalue weighted by atomic mass is 9.91. The molecule has 0 aromatic heterocycles. The van der Waals surface area contributed by atoms with Gasteiger partial charge in [0.05, 0.1) is 0 Å². The van der Waals surface area contributed by atoms with Crippen LogP contribution in [0.25, 0.3) is 0 Å². The number of fused-ring (bicyclic) bond motifs is 1. The van der Waals surface area contributed by atoms with E-state index in [0.717, 1.165) is 24.9 Å². The molecule has 0 bridgehead atoms. The molecule has 1 aromatic rings. The molecule has 1 atom stereocenters. The average Bonchev–Trinajstić information content (AvgIpc) is 2.19. The summed E-state index contributed by atoms with van der Waals surface area (Å²) in [4.78, 5) is 2.24. The highest BCUT2D eigenvalue weighted by Crippen LogP contribution is 2.32. The van der Waals surface area contributed by atoms with Crippen molar-refractivity contribution >= 4 is 0 Å². The molecule has 1 aromatic carbocycles. The standard InChI is InChI=1S/C12H16FN/c1-3-11-12-9(7-8-14(11)2)5-4-6-10(12)13/h4-6,11H,3,7-8H2,1-2H3. The highest BCUT2D eigenvalue weighted by Gasteiger charge is 2.25. The van der Waals surface area contributed by atoms with Crippen molar-refractivity contribution in [2.45, 2.75) is 25.8 Å². The number of halogens is 1. The van der Waals surface area contributed by atoms with Crippen molar-refractivity contribution in [1.29, 1.82) is 0 Å². The highest BCUT2D eigenvalue weighted by molar-refractivity contribution is 5.33. The van der Waals surface area contributed by atoms with E-state index in [2.05, 4.69) is 18.9 Å². The maximum absolute atomic E-state index is 13.7. The molecule has 1 aliphatic heterocycles. The van der Waals surface area contributed by atoms with Crippen LogP contribution in [0.5, 0.6) is 0 Å². The third-order valence-corrected chi connectivity index (χ3v) is 3.13. The molecule has 0 radical (unpaired) electrons. The van der Waals surface area contributed by atoms with Crippen LogP contribution in [0.15, 0.2) is 18.2 Å². The summed E-state index contributed by atoms with van der Waals surface area (Å²) < 4.78 is 13.7. The molecular weight excluding hydrogens is 177 g/mol. The van der Waals surface area contributed by atoms with Gasteiger partial charge in [-0.05, 0) is 31.5 Å². The average molecular weight is 193 g/mol. The van der Waals surface area contributed by atoms with Gasteiger partial charge >= 0.3 is 0 Å². The van der Waals surface area contributed by atoms with Gasteiger partial charge < -0.3 is 0 Å². The number of hydrogen-bond donors (Lipinski definition) is 0. The van der Waals surface area contributed by atoms with Crippen LogP contribution < -0.4 is 0 Å². The molecule has 2 rings (SSSR count). The van der Waals surface area contributed by atoms with Crippen molar-refractivity contribution in [3.63, 3.8) is 0 Å². The Hall–Kier alpha value is -0.890. The zero-order chi connectivity index (χ0) is 10.1. The molecule has 1 nitrogen and oxygen atoms in total. The molecule has 0 spiro atoms. The minimum Gasteiger partial charge on any atom is -0.299 e. The molecule has 0 amide bonds. The first-order valence-electron chi connectivity index (χ1n) is 5.21. The fourth-order valence-corrected chi connectivity index (χ4v) is 2.36. The van der Waals surface area contributed by atoms with Crippen LogP contribution in [0.4, 0.5) is 4.39 Å². The fraction of sp³-hybridized carbons (Fsp3) is 0.500. The molecule has 2 heteroatoms. The molecule has 0 aliphatic carbocycles. The van der Waals surface area contributed by atoms with Crippen molar-refractivity contribution in [3.8, 4) is 0 Å². The second kappa shape index (κ2) is 3.70. The molecule has 0 saturated heterocycles. The van der Waals surface area contributed by atoms with Gasteiger partial charge in [0.1, 0.15) is 5.82 Å². The van der Waals surface area contributed by atoms with Gasteiger partial charge in [0.25, 0.3) is 0 Å². The lowest BCUT2D eigenvalue weighted by molar-refractivity contribution is 0.219. The molecule has 14 heavy (non-hydrogen) atoms. The van der Waals surface area contributed by atoms with E-state index >= 15 is 0 Å². The minimum atomic E-state index is -0.0408. The Bertz CT molecular complexity index is 335. The maximum Gasteiger partial charge on any atom is 0.128 e. The number of likely N-dealkylation sites (N-methyl/N-ethyl adjacent to an activating group) is 1. The third kappa shape index (κ3) is 1.44. The van der Waals surface area contributed by atoms with E-state index < -0.39 is 0 Å². The first-order valence-corrected chi connectivity index (χ1v) is 5.21. The normalized spacial score (nSPS) is 22.1. The van der Waals surface area contributed by atoms with Gasteiger partial charge in [0.2, 0.25) is 0 Å². The summed E-state index contributed by atoms with van der Waals surface area (Å²) in [6.07, 6.45) is 1.95. The largest absolute Gasteiger partial charge is 0.299 e. The Balaban J connectivity index is 2.49. The quantitative estimate of drug-likeness (QED) is 0.663. The molecule has 0 N–H and O–H groups in total. The Morgan fingerprint density at radius 3 is 3.00 bits per heavy atom. The minimum absolute atomic E-state index is 0.0408. The van der Waals surface area contributed by atoms with Crippen molar-refractivity contribution in [1.82, 2.24) is 4.90 Å². The molecule has 1 aliphatic rings.